The van der Waals surface area contributed by atoms with Gasteiger partial charge in [-0.15, -0.1) is 0 Å². The first-order chi connectivity index (χ1) is 27.6. The van der Waals surface area contributed by atoms with Crippen LogP contribution in [0.4, 0.5) is 0 Å². The second-order valence-electron chi connectivity index (χ2n) is 12.5. The Labute approximate surface area is 336 Å². The van der Waals surface area contributed by atoms with Crippen molar-refractivity contribution >= 4 is 44.1 Å². The van der Waals surface area contributed by atoms with Crippen LogP contribution in [-0.2, 0) is 19.5 Å². The van der Waals surface area contributed by atoms with Gasteiger partial charge >= 0.3 is 19.5 Å². The van der Waals surface area contributed by atoms with Gasteiger partial charge in [-0.3, -0.25) is 0 Å². The molecule has 9 rings (SSSR count). The molecule has 0 unspecified atom stereocenters. The summed E-state index contributed by atoms with van der Waals surface area (Å²) in [6.45, 7) is -0.718. The molecule has 0 amide bonds. The predicted molar refractivity (Wildman–Crippen MR) is 204 cm³/mol. The van der Waals surface area contributed by atoms with Crippen molar-refractivity contribution in [3.8, 4) is 68.5 Å². The van der Waals surface area contributed by atoms with Crippen LogP contribution in [0.3, 0.4) is 0 Å². The molecule has 282 valence electrons. The van der Waals surface area contributed by atoms with E-state index >= 15 is 0 Å². The van der Waals surface area contributed by atoms with Crippen molar-refractivity contribution in [2.75, 3.05) is 52.9 Å². The maximum Gasteiger partial charge on any atom is 2.00 e. The minimum atomic E-state index is -0.210. The number of aliphatic hydroxyl groups is 4. The van der Waals surface area contributed by atoms with E-state index in [-0.39, 0.29) is 118 Å². The molecule has 4 N–H and O–H groups in total. The van der Waals surface area contributed by atoms with E-state index in [0.717, 1.165) is 0 Å². The van der Waals surface area contributed by atoms with Crippen LogP contribution in [0, 0.1) is 0 Å². The number of benzene rings is 4. The molecule has 0 atom stereocenters. The van der Waals surface area contributed by atoms with Crippen LogP contribution in [0.5, 0.6) is 23.0 Å². The average Bonchev–Trinajstić information content (AvgIpc) is 3.96. The minimum absolute atomic E-state index is 0. The fourth-order valence-corrected chi connectivity index (χ4v) is 6.83. The second-order valence-corrected chi connectivity index (χ2v) is 12.5. The van der Waals surface area contributed by atoms with Crippen LogP contribution in [0.2, 0.25) is 0 Å². The summed E-state index contributed by atoms with van der Waals surface area (Å²) in [7, 11) is 0. The van der Waals surface area contributed by atoms with Gasteiger partial charge in [0.1, 0.15) is 49.4 Å². The van der Waals surface area contributed by atoms with Gasteiger partial charge in [-0.2, -0.15) is 0 Å². The molecule has 7 aromatic rings. The number of hydrogen-bond acceptors (Lipinski definition) is 14. The zero-order valence-corrected chi connectivity index (χ0v) is 33.3. The molecule has 4 aromatic carbocycles. The average molecular weight is 818 g/mol. The van der Waals surface area contributed by atoms with Gasteiger partial charge in [0.15, 0.2) is 0 Å². The summed E-state index contributed by atoms with van der Waals surface area (Å²) in [6.07, 6.45) is 0. The summed E-state index contributed by atoms with van der Waals surface area (Å²) in [5.74, 6) is 2.75. The minimum Gasteiger partial charge on any atom is -0.491 e. The van der Waals surface area contributed by atoms with Crippen LogP contribution in [0.25, 0.3) is 89.7 Å². The topological polar surface area (TPSA) is 223 Å². The fraction of sp³-hybridized carbons (Fsp3) is 0.200. The normalized spacial score (nSPS) is 11.6. The van der Waals surface area contributed by atoms with Crippen molar-refractivity contribution in [1.29, 1.82) is 0 Å². The Morgan fingerprint density at radius 2 is 0.754 bits per heavy atom. The molecule has 0 aliphatic carbocycles. The third-order valence-electron chi connectivity index (χ3n) is 9.05. The molecular weight excluding hydrogens is 786 g/mol. The summed E-state index contributed by atoms with van der Waals surface area (Å²) >= 11 is 0. The second kappa shape index (κ2) is 16.2. The van der Waals surface area contributed by atoms with Crippen LogP contribution < -0.4 is 28.9 Å². The van der Waals surface area contributed by atoms with Gasteiger partial charge in [0.25, 0.3) is 0 Å². The Morgan fingerprint density at radius 1 is 0.404 bits per heavy atom. The van der Waals surface area contributed by atoms with E-state index < -0.39 is 0 Å². The number of fused-ring (bicyclic) bond motifs is 20. The molecule has 3 aromatic heterocycles. The van der Waals surface area contributed by atoms with E-state index in [1.165, 1.54) is 0 Å². The largest absolute Gasteiger partial charge is 2.00 e. The molecule has 5 heterocycles. The molecule has 8 bridgehead atoms. The first-order valence-corrected chi connectivity index (χ1v) is 17.8. The first-order valence-electron chi connectivity index (χ1n) is 17.8. The van der Waals surface area contributed by atoms with Crippen molar-refractivity contribution in [3.63, 3.8) is 0 Å². The van der Waals surface area contributed by atoms with Crippen LogP contribution >= 0.6 is 0 Å². The Morgan fingerprint density at radius 3 is 1.16 bits per heavy atom. The third kappa shape index (κ3) is 6.79. The molecule has 0 spiro atoms. The Balaban J connectivity index is 0.00000455. The fourth-order valence-electron chi connectivity index (χ4n) is 6.83. The van der Waals surface area contributed by atoms with Gasteiger partial charge in [-0.05, 0) is 35.0 Å². The maximum absolute atomic E-state index is 9.64. The van der Waals surface area contributed by atoms with Crippen molar-refractivity contribution in [3.05, 3.63) is 72.8 Å². The molecule has 2 aliphatic heterocycles. The first kappa shape index (κ1) is 37.8. The van der Waals surface area contributed by atoms with Crippen molar-refractivity contribution < 1.29 is 58.9 Å². The number of rotatable bonds is 12. The molecular formula is C40H32N8O8Zn. The molecule has 0 saturated heterocycles. The van der Waals surface area contributed by atoms with E-state index in [1.807, 2.05) is 24.3 Å². The van der Waals surface area contributed by atoms with Crippen molar-refractivity contribution in [2.45, 2.75) is 0 Å². The van der Waals surface area contributed by atoms with E-state index in [9.17, 15) is 20.4 Å². The monoisotopic (exact) mass is 816 g/mol. The summed E-state index contributed by atoms with van der Waals surface area (Å²) in [4.78, 5) is 39.7. The smallest absolute Gasteiger partial charge is 0.491 e. The quantitative estimate of drug-likeness (QED) is 0.129. The van der Waals surface area contributed by atoms with Gasteiger partial charge in [0.05, 0.1) is 60.9 Å². The number of aliphatic hydroxyl groups excluding tert-OH is 4. The van der Waals surface area contributed by atoms with Gasteiger partial charge in [-0.1, -0.05) is 48.5 Å². The molecule has 17 heteroatoms. The summed E-state index contributed by atoms with van der Waals surface area (Å²) in [6, 6.07) is 21.6. The SMILES string of the molecule is OCCOc1cccc2c1-c1nc-2nc2[n-]c(nc3nc(nc4[n-]c(n1)c1cccc(OCCO)c41)-c1cccc(OCCO)c1-3)c1cccc(OCCO)c21.[Zn+2]. The number of ether oxygens (including phenoxy) is 4. The van der Waals surface area contributed by atoms with Crippen molar-refractivity contribution in [1.82, 2.24) is 39.9 Å². The molecule has 2 aliphatic rings. The summed E-state index contributed by atoms with van der Waals surface area (Å²) in [5, 5.41) is 40.8. The van der Waals surface area contributed by atoms with E-state index in [2.05, 4.69) is 0 Å². The molecule has 0 radical (unpaired) electrons. The number of hydrogen-bond donors (Lipinski definition) is 4. The van der Waals surface area contributed by atoms with E-state index in [0.29, 0.717) is 66.8 Å². The third-order valence-corrected chi connectivity index (χ3v) is 9.05. The summed E-state index contributed by atoms with van der Waals surface area (Å²) in [5.41, 5.74) is 3.30. The predicted octanol–water partition coefficient (Wildman–Crippen LogP) is 3.61. The van der Waals surface area contributed by atoms with Crippen LogP contribution in [0.1, 0.15) is 0 Å². The van der Waals surface area contributed by atoms with Gasteiger partial charge in [-0.25, -0.2) is 9.97 Å². The van der Waals surface area contributed by atoms with Crippen LogP contribution in [-0.4, -0.2) is 103 Å². The Kier molecular flexibility index (Phi) is 10.7. The Hall–Kier alpha value is -6.10. The molecule has 0 saturated carbocycles. The molecule has 0 fully saturated rings. The summed E-state index contributed by atoms with van der Waals surface area (Å²) < 4.78 is 23.9. The number of nitrogens with zero attached hydrogens (tertiary/aromatic N) is 8. The number of aromatic nitrogens is 8. The van der Waals surface area contributed by atoms with E-state index in [1.54, 1.807) is 48.5 Å². The van der Waals surface area contributed by atoms with Gasteiger partial charge in [0.2, 0.25) is 0 Å². The Bertz CT molecular complexity index is 2620. The van der Waals surface area contributed by atoms with Crippen LogP contribution in [0.15, 0.2) is 72.8 Å². The van der Waals surface area contributed by atoms with Crippen molar-refractivity contribution in [2.24, 2.45) is 0 Å². The van der Waals surface area contributed by atoms with Gasteiger partial charge < -0.3 is 69.3 Å². The molecule has 16 nitrogen and oxygen atoms in total. The molecule has 57 heavy (non-hydrogen) atoms. The zero-order chi connectivity index (χ0) is 38.2. The standard InChI is InChI=1S/C40H32N8O8.Zn/c49-13-17-53-25-9-1-5-21-29(25)37-41-33(21)45-38-30-22(6-2-10-26(30)54-18-14-50)35(42-38)47-40-32-24(8-4-12-28(32)56-20-16-52)36(44-40)48-39-31-23(34(43-39)46-37)7-3-11-27(31)55-19-15-51;/h1-12,49-52H,13-20H2;/q-2;+2. The zero-order valence-electron chi connectivity index (χ0n) is 30.3. The van der Waals surface area contributed by atoms with Gasteiger partial charge in [0, 0.05) is 44.5 Å². The maximum atomic E-state index is 9.64. The van der Waals surface area contributed by atoms with E-state index in [4.69, 9.17) is 58.8 Å².